The van der Waals surface area contributed by atoms with Crippen molar-refractivity contribution in [3.05, 3.63) is 35.1 Å². The third kappa shape index (κ3) is 4.39. The van der Waals surface area contributed by atoms with Crippen LogP contribution in [0.1, 0.15) is 43.9 Å². The van der Waals surface area contributed by atoms with Crippen LogP contribution in [0.25, 0.3) is 0 Å². The first-order chi connectivity index (χ1) is 8.58. The fourth-order valence-corrected chi connectivity index (χ4v) is 2.16. The van der Waals surface area contributed by atoms with Crippen molar-refractivity contribution in [3.63, 3.8) is 0 Å². The average molecular weight is 253 g/mol. The van der Waals surface area contributed by atoms with E-state index in [0.717, 1.165) is 24.9 Å². The van der Waals surface area contributed by atoms with E-state index < -0.39 is 0 Å². The molecule has 0 radical (unpaired) electrons. The van der Waals surface area contributed by atoms with Crippen molar-refractivity contribution >= 4 is 0 Å². The normalized spacial score (nSPS) is 14.5. The number of aryl methyl sites for hydroxylation is 1. The summed E-state index contributed by atoms with van der Waals surface area (Å²) in [5, 5.41) is 3.46. The van der Waals surface area contributed by atoms with Crippen LogP contribution >= 0.6 is 0 Å². The van der Waals surface area contributed by atoms with Crippen molar-refractivity contribution in [2.75, 3.05) is 13.7 Å². The van der Waals surface area contributed by atoms with E-state index in [-0.39, 0.29) is 18.0 Å². The van der Waals surface area contributed by atoms with E-state index in [4.69, 9.17) is 4.74 Å². The second-order valence-corrected chi connectivity index (χ2v) is 4.73. The largest absolute Gasteiger partial charge is 0.382 e. The van der Waals surface area contributed by atoms with Crippen molar-refractivity contribution < 1.29 is 9.13 Å². The molecule has 1 rings (SSSR count). The summed E-state index contributed by atoms with van der Waals surface area (Å²) >= 11 is 0. The molecule has 0 amide bonds. The molecule has 1 N–H and O–H groups in total. The van der Waals surface area contributed by atoms with Gasteiger partial charge in [0.15, 0.2) is 0 Å². The van der Waals surface area contributed by atoms with Gasteiger partial charge in [-0.3, -0.25) is 0 Å². The van der Waals surface area contributed by atoms with Crippen LogP contribution in [0.15, 0.2) is 18.2 Å². The number of halogens is 1. The van der Waals surface area contributed by atoms with Gasteiger partial charge in [0, 0.05) is 13.2 Å². The highest BCUT2D eigenvalue weighted by Gasteiger charge is 2.14. The molecule has 0 saturated heterocycles. The Morgan fingerprint density at radius 2 is 2.06 bits per heavy atom. The Kier molecular flexibility index (Phi) is 6.30. The molecule has 0 aliphatic heterocycles. The zero-order valence-electron chi connectivity index (χ0n) is 11.8. The first-order valence-corrected chi connectivity index (χ1v) is 6.60. The van der Waals surface area contributed by atoms with E-state index in [1.807, 2.05) is 13.0 Å². The van der Waals surface area contributed by atoms with Gasteiger partial charge in [0.05, 0.1) is 6.10 Å². The van der Waals surface area contributed by atoms with Crippen molar-refractivity contribution in [2.24, 2.45) is 0 Å². The lowest BCUT2D eigenvalue weighted by Gasteiger charge is -2.22. The lowest BCUT2D eigenvalue weighted by atomic mass is 9.96. The van der Waals surface area contributed by atoms with Crippen LogP contribution in [0.3, 0.4) is 0 Å². The minimum absolute atomic E-state index is 0.170. The number of hydrogen-bond donors (Lipinski definition) is 1. The van der Waals surface area contributed by atoms with E-state index in [9.17, 15) is 4.39 Å². The van der Waals surface area contributed by atoms with Gasteiger partial charge in [0.25, 0.3) is 0 Å². The maximum absolute atomic E-state index is 13.1. The van der Waals surface area contributed by atoms with Gasteiger partial charge in [-0.15, -0.1) is 0 Å². The van der Waals surface area contributed by atoms with Crippen LogP contribution in [0.2, 0.25) is 0 Å². The first-order valence-electron chi connectivity index (χ1n) is 6.60. The van der Waals surface area contributed by atoms with Gasteiger partial charge in [-0.25, -0.2) is 4.39 Å². The third-order valence-corrected chi connectivity index (χ3v) is 3.32. The summed E-state index contributed by atoms with van der Waals surface area (Å²) in [7, 11) is 1.73. The summed E-state index contributed by atoms with van der Waals surface area (Å²) in [5.74, 6) is -0.170. The topological polar surface area (TPSA) is 21.3 Å². The number of ether oxygens (including phenoxy) is 1. The summed E-state index contributed by atoms with van der Waals surface area (Å²) in [4.78, 5) is 0. The minimum Gasteiger partial charge on any atom is -0.382 e. The van der Waals surface area contributed by atoms with Crippen LogP contribution in [0.5, 0.6) is 0 Å². The maximum Gasteiger partial charge on any atom is 0.123 e. The van der Waals surface area contributed by atoms with Gasteiger partial charge < -0.3 is 10.1 Å². The van der Waals surface area contributed by atoms with Gasteiger partial charge in [0.1, 0.15) is 5.82 Å². The van der Waals surface area contributed by atoms with Gasteiger partial charge in [-0.2, -0.15) is 0 Å². The zero-order valence-corrected chi connectivity index (χ0v) is 11.8. The van der Waals surface area contributed by atoms with Crippen molar-refractivity contribution in [1.29, 1.82) is 0 Å². The van der Waals surface area contributed by atoms with E-state index in [1.54, 1.807) is 13.2 Å². The lowest BCUT2D eigenvalue weighted by Crippen LogP contribution is -2.23. The Labute approximate surface area is 110 Å². The summed E-state index contributed by atoms with van der Waals surface area (Å²) in [6.07, 6.45) is 2.24. The van der Waals surface area contributed by atoms with Gasteiger partial charge in [0.2, 0.25) is 0 Å². The molecule has 0 spiro atoms. The Hall–Kier alpha value is -0.930. The number of hydrogen-bond acceptors (Lipinski definition) is 2. The third-order valence-electron chi connectivity index (χ3n) is 3.32. The van der Waals surface area contributed by atoms with E-state index in [1.165, 1.54) is 11.6 Å². The quantitative estimate of drug-likeness (QED) is 0.801. The summed E-state index contributed by atoms with van der Waals surface area (Å²) in [6.45, 7) is 7.03. The highest BCUT2D eigenvalue weighted by molar-refractivity contribution is 5.29. The van der Waals surface area contributed by atoms with Gasteiger partial charge >= 0.3 is 0 Å². The molecule has 3 heteroatoms. The van der Waals surface area contributed by atoms with Crippen molar-refractivity contribution in [2.45, 2.75) is 45.8 Å². The fourth-order valence-electron chi connectivity index (χ4n) is 2.16. The number of methoxy groups -OCH3 is 1. The number of rotatable bonds is 7. The molecule has 2 unspecified atom stereocenters. The summed E-state index contributed by atoms with van der Waals surface area (Å²) < 4.78 is 18.4. The second-order valence-electron chi connectivity index (χ2n) is 4.73. The number of benzene rings is 1. The predicted molar refractivity (Wildman–Crippen MR) is 73.3 cm³/mol. The summed E-state index contributed by atoms with van der Waals surface area (Å²) in [5.41, 5.74) is 2.19. The molecule has 0 heterocycles. The zero-order chi connectivity index (χ0) is 13.5. The smallest absolute Gasteiger partial charge is 0.123 e. The standard InChI is InChI=1S/C15H24FNO/c1-5-17-15(9-6-12(3)18-4)14-8-7-13(16)10-11(14)2/h7-8,10,12,15,17H,5-6,9H2,1-4H3. The van der Waals surface area contributed by atoms with Crippen molar-refractivity contribution in [1.82, 2.24) is 5.32 Å². The monoisotopic (exact) mass is 253 g/mol. The van der Waals surface area contributed by atoms with Crippen molar-refractivity contribution in [3.8, 4) is 0 Å². The first kappa shape index (κ1) is 15.1. The molecule has 0 aromatic heterocycles. The van der Waals surface area contributed by atoms with Crippen LogP contribution in [0.4, 0.5) is 4.39 Å². The average Bonchev–Trinajstić information content (AvgIpc) is 2.34. The molecule has 2 atom stereocenters. The van der Waals surface area contributed by atoms with Crippen LogP contribution < -0.4 is 5.32 Å². The van der Waals surface area contributed by atoms with E-state index in [2.05, 4.69) is 19.2 Å². The Morgan fingerprint density at radius 3 is 2.61 bits per heavy atom. The van der Waals surface area contributed by atoms with E-state index >= 15 is 0 Å². The van der Waals surface area contributed by atoms with Crippen LogP contribution in [-0.2, 0) is 4.74 Å². The molecular weight excluding hydrogens is 229 g/mol. The van der Waals surface area contributed by atoms with E-state index in [0.29, 0.717) is 0 Å². The Morgan fingerprint density at radius 1 is 1.33 bits per heavy atom. The lowest BCUT2D eigenvalue weighted by molar-refractivity contribution is 0.106. The predicted octanol–water partition coefficient (Wildman–Crippen LogP) is 3.60. The molecule has 2 nitrogen and oxygen atoms in total. The molecular formula is C15H24FNO. The SMILES string of the molecule is CCNC(CCC(C)OC)c1ccc(F)cc1C. The Bertz CT molecular complexity index is 368. The molecule has 0 bridgehead atoms. The Balaban J connectivity index is 2.76. The molecule has 102 valence electrons. The summed E-state index contributed by atoms with van der Waals surface area (Å²) in [6, 6.07) is 5.29. The molecule has 1 aromatic rings. The molecule has 0 aliphatic rings. The minimum atomic E-state index is -0.170. The highest BCUT2D eigenvalue weighted by Crippen LogP contribution is 2.23. The maximum atomic E-state index is 13.1. The second kappa shape index (κ2) is 7.49. The van der Waals surface area contributed by atoms with Crippen LogP contribution in [0, 0.1) is 12.7 Å². The van der Waals surface area contributed by atoms with Crippen LogP contribution in [-0.4, -0.2) is 19.8 Å². The molecule has 0 aliphatic carbocycles. The van der Waals surface area contributed by atoms with Gasteiger partial charge in [-0.05, 0) is 56.5 Å². The molecule has 1 aromatic carbocycles. The molecule has 0 saturated carbocycles. The molecule has 0 fully saturated rings. The highest BCUT2D eigenvalue weighted by atomic mass is 19.1. The van der Waals surface area contributed by atoms with Gasteiger partial charge in [-0.1, -0.05) is 13.0 Å². The number of nitrogens with one attached hydrogen (secondary N) is 1. The molecule has 18 heavy (non-hydrogen) atoms. The fraction of sp³-hybridized carbons (Fsp3) is 0.600.